The zero-order valence-corrected chi connectivity index (χ0v) is 8.37. The molecule has 0 aromatic carbocycles. The van der Waals surface area contributed by atoms with Gasteiger partial charge in [-0.25, -0.2) is 4.57 Å². The Labute approximate surface area is 80.4 Å². The van der Waals surface area contributed by atoms with E-state index in [-0.39, 0.29) is 0 Å². The van der Waals surface area contributed by atoms with E-state index in [4.69, 9.17) is 5.73 Å². The van der Waals surface area contributed by atoms with Crippen LogP contribution in [-0.2, 0) is 6.54 Å². The van der Waals surface area contributed by atoms with Crippen molar-refractivity contribution in [2.24, 2.45) is 5.73 Å². The third-order valence-electron chi connectivity index (χ3n) is 2.18. The molecule has 0 amide bonds. The van der Waals surface area contributed by atoms with E-state index in [1.165, 1.54) is 18.4 Å². The Morgan fingerprint density at radius 2 is 1.85 bits per heavy atom. The average molecular weight is 179 g/mol. The van der Waals surface area contributed by atoms with Gasteiger partial charge < -0.3 is 5.73 Å². The van der Waals surface area contributed by atoms with E-state index in [1.807, 2.05) is 0 Å². The fourth-order valence-corrected chi connectivity index (χ4v) is 1.30. The van der Waals surface area contributed by atoms with Crippen molar-refractivity contribution in [2.45, 2.75) is 32.7 Å². The number of hydrogen-bond donors (Lipinski definition) is 1. The Bertz CT molecular complexity index is 228. The molecule has 13 heavy (non-hydrogen) atoms. The molecule has 0 radical (unpaired) electrons. The SMILES string of the molecule is Cc1cc[n+](CCCCCN)cc1. The Morgan fingerprint density at radius 3 is 2.46 bits per heavy atom. The molecule has 1 heterocycles. The zero-order valence-electron chi connectivity index (χ0n) is 8.37. The summed E-state index contributed by atoms with van der Waals surface area (Å²) < 4.78 is 2.23. The van der Waals surface area contributed by atoms with Crippen molar-refractivity contribution < 1.29 is 4.57 Å². The Balaban J connectivity index is 2.25. The first kappa shape index (κ1) is 10.2. The van der Waals surface area contributed by atoms with Crippen molar-refractivity contribution in [1.82, 2.24) is 0 Å². The molecule has 0 fully saturated rings. The molecule has 0 atom stereocenters. The number of aryl methyl sites for hydroxylation is 2. The smallest absolute Gasteiger partial charge is 0.169 e. The van der Waals surface area contributed by atoms with Crippen LogP contribution in [0, 0.1) is 6.92 Å². The Morgan fingerprint density at radius 1 is 1.15 bits per heavy atom. The Hall–Kier alpha value is -0.890. The minimum Gasteiger partial charge on any atom is -0.330 e. The third-order valence-corrected chi connectivity index (χ3v) is 2.18. The van der Waals surface area contributed by atoms with Crippen LogP contribution in [-0.4, -0.2) is 6.54 Å². The molecule has 0 bridgehead atoms. The highest BCUT2D eigenvalue weighted by atomic mass is 14.9. The van der Waals surface area contributed by atoms with Crippen LogP contribution in [0.2, 0.25) is 0 Å². The van der Waals surface area contributed by atoms with E-state index in [1.54, 1.807) is 0 Å². The van der Waals surface area contributed by atoms with Gasteiger partial charge in [0.25, 0.3) is 0 Å². The summed E-state index contributed by atoms with van der Waals surface area (Å²) in [5.41, 5.74) is 6.74. The lowest BCUT2D eigenvalue weighted by atomic mass is 10.2. The topological polar surface area (TPSA) is 29.9 Å². The quantitative estimate of drug-likeness (QED) is 0.537. The largest absolute Gasteiger partial charge is 0.330 e. The second-order valence-corrected chi connectivity index (χ2v) is 3.46. The van der Waals surface area contributed by atoms with E-state index in [0.29, 0.717) is 0 Å². The van der Waals surface area contributed by atoms with Gasteiger partial charge in [0.05, 0.1) is 0 Å². The molecular formula is C11H19N2+. The van der Waals surface area contributed by atoms with Gasteiger partial charge in [0.1, 0.15) is 6.54 Å². The lowest BCUT2D eigenvalue weighted by molar-refractivity contribution is -0.697. The molecule has 1 rings (SSSR count). The van der Waals surface area contributed by atoms with Gasteiger partial charge in [-0.05, 0) is 31.9 Å². The first-order valence-electron chi connectivity index (χ1n) is 4.98. The van der Waals surface area contributed by atoms with Gasteiger partial charge >= 0.3 is 0 Å². The van der Waals surface area contributed by atoms with Gasteiger partial charge in [-0.3, -0.25) is 0 Å². The summed E-state index contributed by atoms with van der Waals surface area (Å²) in [6, 6.07) is 4.28. The second-order valence-electron chi connectivity index (χ2n) is 3.46. The van der Waals surface area contributed by atoms with Crippen molar-refractivity contribution in [3.05, 3.63) is 30.1 Å². The van der Waals surface area contributed by atoms with E-state index < -0.39 is 0 Å². The number of aromatic nitrogens is 1. The molecule has 2 nitrogen and oxygen atoms in total. The van der Waals surface area contributed by atoms with Gasteiger partial charge in [-0.1, -0.05) is 0 Å². The summed E-state index contributed by atoms with van der Waals surface area (Å²) in [5.74, 6) is 0. The summed E-state index contributed by atoms with van der Waals surface area (Å²) in [6.07, 6.45) is 7.88. The van der Waals surface area contributed by atoms with Crippen molar-refractivity contribution >= 4 is 0 Å². The molecule has 1 aromatic rings. The molecule has 0 spiro atoms. The molecule has 72 valence electrons. The van der Waals surface area contributed by atoms with Crippen molar-refractivity contribution in [1.29, 1.82) is 0 Å². The van der Waals surface area contributed by atoms with Crippen LogP contribution < -0.4 is 10.3 Å². The fraction of sp³-hybridized carbons (Fsp3) is 0.545. The molecule has 0 aliphatic carbocycles. The highest BCUT2D eigenvalue weighted by molar-refractivity contribution is 5.03. The summed E-state index contributed by atoms with van der Waals surface area (Å²) in [6.45, 7) is 4.04. The third kappa shape index (κ3) is 4.04. The molecule has 2 N–H and O–H groups in total. The standard InChI is InChI=1S/C11H19N2/c1-11-5-9-13(10-6-11)8-4-2-3-7-12/h5-6,9-10H,2-4,7-8,12H2,1H3/q+1. The monoisotopic (exact) mass is 179 g/mol. The van der Waals surface area contributed by atoms with Crippen LogP contribution in [0.4, 0.5) is 0 Å². The summed E-state index contributed by atoms with van der Waals surface area (Å²) >= 11 is 0. The fourth-order valence-electron chi connectivity index (χ4n) is 1.30. The Kier molecular flexibility index (Phi) is 4.47. The average Bonchev–Trinajstić information content (AvgIpc) is 2.15. The highest BCUT2D eigenvalue weighted by Gasteiger charge is 1.97. The molecular weight excluding hydrogens is 160 g/mol. The number of pyridine rings is 1. The number of unbranched alkanes of at least 4 members (excludes halogenated alkanes) is 2. The van der Waals surface area contributed by atoms with Gasteiger partial charge in [-0.15, -0.1) is 0 Å². The van der Waals surface area contributed by atoms with E-state index >= 15 is 0 Å². The van der Waals surface area contributed by atoms with Crippen LogP contribution in [0.1, 0.15) is 24.8 Å². The van der Waals surface area contributed by atoms with Crippen molar-refractivity contribution in [3.8, 4) is 0 Å². The van der Waals surface area contributed by atoms with Crippen LogP contribution in [0.3, 0.4) is 0 Å². The normalized spacial score (nSPS) is 10.3. The lowest BCUT2D eigenvalue weighted by Gasteiger charge is -1.97. The van der Waals surface area contributed by atoms with E-state index in [2.05, 4.69) is 36.0 Å². The van der Waals surface area contributed by atoms with Crippen molar-refractivity contribution in [2.75, 3.05) is 6.54 Å². The van der Waals surface area contributed by atoms with Crippen molar-refractivity contribution in [3.63, 3.8) is 0 Å². The van der Waals surface area contributed by atoms with Crippen LogP contribution in [0.25, 0.3) is 0 Å². The van der Waals surface area contributed by atoms with E-state index in [0.717, 1.165) is 19.5 Å². The summed E-state index contributed by atoms with van der Waals surface area (Å²) in [4.78, 5) is 0. The maximum Gasteiger partial charge on any atom is 0.169 e. The van der Waals surface area contributed by atoms with E-state index in [9.17, 15) is 0 Å². The molecule has 0 aliphatic rings. The first-order valence-corrected chi connectivity index (χ1v) is 4.98. The molecule has 0 saturated heterocycles. The predicted molar refractivity (Wildman–Crippen MR) is 54.3 cm³/mol. The molecule has 0 saturated carbocycles. The van der Waals surface area contributed by atoms with Gasteiger partial charge in [0, 0.05) is 18.6 Å². The second kappa shape index (κ2) is 5.70. The maximum atomic E-state index is 5.42. The summed E-state index contributed by atoms with van der Waals surface area (Å²) in [5, 5.41) is 0. The number of hydrogen-bond acceptors (Lipinski definition) is 1. The number of rotatable bonds is 5. The highest BCUT2D eigenvalue weighted by Crippen LogP contribution is 1.94. The molecule has 2 heteroatoms. The molecule has 0 unspecified atom stereocenters. The molecule has 0 aliphatic heterocycles. The zero-order chi connectivity index (χ0) is 9.52. The van der Waals surface area contributed by atoms with Crippen LogP contribution in [0.15, 0.2) is 24.5 Å². The lowest BCUT2D eigenvalue weighted by Crippen LogP contribution is -2.32. The van der Waals surface area contributed by atoms with Crippen LogP contribution >= 0.6 is 0 Å². The molecule has 1 aromatic heterocycles. The predicted octanol–water partition coefficient (Wildman–Crippen LogP) is 1.41. The number of nitrogens with zero attached hydrogens (tertiary/aromatic N) is 1. The van der Waals surface area contributed by atoms with Gasteiger partial charge in [-0.2, -0.15) is 0 Å². The summed E-state index contributed by atoms with van der Waals surface area (Å²) in [7, 11) is 0. The van der Waals surface area contributed by atoms with Gasteiger partial charge in [0.2, 0.25) is 0 Å². The maximum absolute atomic E-state index is 5.42. The van der Waals surface area contributed by atoms with Crippen LogP contribution in [0.5, 0.6) is 0 Å². The minimum atomic E-state index is 0.818. The minimum absolute atomic E-state index is 0.818. The van der Waals surface area contributed by atoms with Gasteiger partial charge in [0.15, 0.2) is 12.4 Å². The first-order chi connectivity index (χ1) is 6.33. The number of nitrogens with two attached hydrogens (primary N) is 1.